The van der Waals surface area contributed by atoms with E-state index in [1.807, 2.05) is 23.9 Å². The summed E-state index contributed by atoms with van der Waals surface area (Å²) in [5, 5.41) is 9.59. The van der Waals surface area contributed by atoms with Gasteiger partial charge in [-0.2, -0.15) is 14.7 Å². The lowest BCUT2D eigenvalue weighted by Crippen LogP contribution is -2.28. The summed E-state index contributed by atoms with van der Waals surface area (Å²) < 4.78 is 24.7. The van der Waals surface area contributed by atoms with Gasteiger partial charge >= 0.3 is 0 Å². The first kappa shape index (κ1) is 23.3. The molecule has 6 rings (SSSR count). The van der Waals surface area contributed by atoms with Crippen LogP contribution in [-0.2, 0) is 4.74 Å². The number of halogens is 2. The predicted molar refractivity (Wildman–Crippen MR) is 135 cm³/mol. The molecule has 0 amide bonds. The molecule has 3 aromatic heterocycles. The van der Waals surface area contributed by atoms with E-state index < -0.39 is 5.82 Å². The SMILES string of the molecule is Cc1nc2c(-c3ccc(Cl)cc3F)cc([C@@H]3C[C@H](C)O[C@@H](c4cnn(C5CC5)c4)C3)nn2c(=O)c1C. The van der Waals surface area contributed by atoms with Crippen LogP contribution < -0.4 is 5.56 Å². The van der Waals surface area contributed by atoms with E-state index >= 15 is 4.39 Å². The highest BCUT2D eigenvalue weighted by Gasteiger charge is 2.33. The molecular formula is C27H27ClFN5O2. The van der Waals surface area contributed by atoms with Gasteiger partial charge in [-0.1, -0.05) is 11.6 Å². The lowest BCUT2D eigenvalue weighted by Gasteiger charge is -2.33. The van der Waals surface area contributed by atoms with Crippen LogP contribution in [0.3, 0.4) is 0 Å². The topological polar surface area (TPSA) is 74.3 Å². The van der Waals surface area contributed by atoms with Gasteiger partial charge in [-0.3, -0.25) is 9.48 Å². The molecule has 0 bridgehead atoms. The number of benzene rings is 1. The van der Waals surface area contributed by atoms with Gasteiger partial charge in [0.25, 0.3) is 5.56 Å². The fourth-order valence-corrected chi connectivity index (χ4v) is 5.25. The van der Waals surface area contributed by atoms with E-state index in [9.17, 15) is 4.79 Å². The van der Waals surface area contributed by atoms with Crippen molar-refractivity contribution in [3.05, 3.63) is 80.4 Å². The van der Waals surface area contributed by atoms with E-state index in [4.69, 9.17) is 21.4 Å². The van der Waals surface area contributed by atoms with Crippen molar-refractivity contribution >= 4 is 17.2 Å². The van der Waals surface area contributed by atoms with Crippen molar-refractivity contribution in [1.82, 2.24) is 24.4 Å². The molecule has 1 aliphatic heterocycles. The van der Waals surface area contributed by atoms with Gasteiger partial charge in [-0.25, -0.2) is 9.37 Å². The number of nitrogens with zero attached hydrogens (tertiary/aromatic N) is 5. The molecular weight excluding hydrogens is 481 g/mol. The molecule has 7 nitrogen and oxygen atoms in total. The zero-order chi connectivity index (χ0) is 25.1. The Morgan fingerprint density at radius 1 is 1.14 bits per heavy atom. The summed E-state index contributed by atoms with van der Waals surface area (Å²) in [4.78, 5) is 17.9. The van der Waals surface area contributed by atoms with Crippen molar-refractivity contribution in [2.45, 2.75) is 70.6 Å². The molecule has 186 valence electrons. The first-order chi connectivity index (χ1) is 17.3. The maximum atomic E-state index is 15.1. The molecule has 0 unspecified atom stereocenters. The van der Waals surface area contributed by atoms with Crippen molar-refractivity contribution in [2.24, 2.45) is 0 Å². The Morgan fingerprint density at radius 3 is 2.69 bits per heavy atom. The average Bonchev–Trinajstić information content (AvgIpc) is 3.58. The molecule has 0 radical (unpaired) electrons. The monoisotopic (exact) mass is 507 g/mol. The number of hydrogen-bond donors (Lipinski definition) is 0. The van der Waals surface area contributed by atoms with Crippen LogP contribution in [0.15, 0.2) is 41.5 Å². The minimum Gasteiger partial charge on any atom is -0.370 e. The van der Waals surface area contributed by atoms with Crippen molar-refractivity contribution in [2.75, 3.05) is 0 Å². The molecule has 9 heteroatoms. The molecule has 2 fully saturated rings. The standard InChI is InChI=1S/C27H27ClFN5O2/c1-14-8-17(9-25(36-14)18-12-30-33(13-18)20-5-6-20)24-11-22(21-7-4-19(28)10-23(21)29)26-31-16(3)15(2)27(35)34(26)32-24/h4,7,10-14,17,20,25H,5-6,8-9H2,1-3H3/t14-,17+,25+/m0/s1. The maximum absolute atomic E-state index is 15.1. The van der Waals surface area contributed by atoms with Crippen molar-refractivity contribution < 1.29 is 9.13 Å². The summed E-state index contributed by atoms with van der Waals surface area (Å²) in [6, 6.07) is 6.91. The number of rotatable bonds is 4. The third-order valence-electron chi connectivity index (χ3n) is 7.34. The lowest BCUT2D eigenvalue weighted by atomic mass is 9.86. The molecule has 3 atom stereocenters. The van der Waals surface area contributed by atoms with Crippen LogP contribution in [0.2, 0.25) is 5.02 Å². The molecule has 2 aliphatic rings. The number of aryl methyl sites for hydroxylation is 1. The van der Waals surface area contributed by atoms with E-state index in [-0.39, 0.29) is 23.7 Å². The van der Waals surface area contributed by atoms with Crippen LogP contribution in [0.5, 0.6) is 0 Å². The maximum Gasteiger partial charge on any atom is 0.277 e. The molecule has 0 spiro atoms. The molecule has 4 heterocycles. The van der Waals surface area contributed by atoms with Crippen LogP contribution in [0, 0.1) is 19.7 Å². The number of fused-ring (bicyclic) bond motifs is 1. The van der Waals surface area contributed by atoms with Crippen LogP contribution in [0.1, 0.15) is 73.2 Å². The second-order valence-electron chi connectivity index (χ2n) is 10.1. The summed E-state index contributed by atoms with van der Waals surface area (Å²) in [6.45, 7) is 5.56. The minimum absolute atomic E-state index is 0.00930. The summed E-state index contributed by atoms with van der Waals surface area (Å²) in [5.74, 6) is -0.463. The Morgan fingerprint density at radius 2 is 1.94 bits per heavy atom. The summed E-state index contributed by atoms with van der Waals surface area (Å²) in [6.07, 6.45) is 7.59. The molecule has 1 saturated heterocycles. The quantitative estimate of drug-likeness (QED) is 0.353. The Kier molecular flexibility index (Phi) is 5.68. The lowest BCUT2D eigenvalue weighted by molar-refractivity contribution is -0.0507. The first-order valence-corrected chi connectivity index (χ1v) is 12.7. The largest absolute Gasteiger partial charge is 0.370 e. The smallest absolute Gasteiger partial charge is 0.277 e. The van der Waals surface area contributed by atoms with Gasteiger partial charge in [-0.05, 0) is 70.7 Å². The average molecular weight is 508 g/mol. The van der Waals surface area contributed by atoms with Crippen molar-refractivity contribution in [3.8, 4) is 11.1 Å². The summed E-state index contributed by atoms with van der Waals surface area (Å²) in [5.41, 5.74) is 3.81. The van der Waals surface area contributed by atoms with Gasteiger partial charge < -0.3 is 4.74 Å². The van der Waals surface area contributed by atoms with Crippen LogP contribution in [0.25, 0.3) is 16.8 Å². The second-order valence-corrected chi connectivity index (χ2v) is 10.5. The molecule has 36 heavy (non-hydrogen) atoms. The first-order valence-electron chi connectivity index (χ1n) is 12.3. The third kappa shape index (κ3) is 4.12. The number of hydrogen-bond acceptors (Lipinski definition) is 5. The minimum atomic E-state index is -0.472. The van der Waals surface area contributed by atoms with E-state index in [1.54, 1.807) is 26.0 Å². The van der Waals surface area contributed by atoms with Crippen molar-refractivity contribution in [3.63, 3.8) is 0 Å². The predicted octanol–water partition coefficient (Wildman–Crippen LogP) is 5.72. The van der Waals surface area contributed by atoms with E-state index in [0.29, 0.717) is 51.2 Å². The molecule has 1 aromatic carbocycles. The summed E-state index contributed by atoms with van der Waals surface area (Å²) >= 11 is 6.02. The molecule has 0 N–H and O–H groups in total. The van der Waals surface area contributed by atoms with Gasteiger partial charge in [0.2, 0.25) is 0 Å². The van der Waals surface area contributed by atoms with Gasteiger partial charge in [-0.15, -0.1) is 0 Å². The highest BCUT2D eigenvalue weighted by atomic mass is 35.5. The van der Waals surface area contributed by atoms with Gasteiger partial charge in [0.05, 0.1) is 30.1 Å². The van der Waals surface area contributed by atoms with Crippen molar-refractivity contribution in [1.29, 1.82) is 0 Å². The highest BCUT2D eigenvalue weighted by molar-refractivity contribution is 6.30. The molecule has 1 aliphatic carbocycles. The van der Waals surface area contributed by atoms with Crippen LogP contribution >= 0.6 is 11.6 Å². The zero-order valence-electron chi connectivity index (χ0n) is 20.4. The third-order valence-corrected chi connectivity index (χ3v) is 7.58. The second kappa shape index (κ2) is 8.78. The number of ether oxygens (including phenoxy) is 1. The van der Waals surface area contributed by atoms with E-state index in [1.165, 1.54) is 23.4 Å². The van der Waals surface area contributed by atoms with E-state index in [0.717, 1.165) is 12.0 Å². The Labute approximate surface area is 212 Å². The fraction of sp³-hybridized carbons (Fsp3) is 0.407. The summed E-state index contributed by atoms with van der Waals surface area (Å²) in [7, 11) is 0. The Bertz CT molecular complexity index is 1540. The Balaban J connectivity index is 1.47. The number of aromatic nitrogens is 5. The zero-order valence-corrected chi connectivity index (χ0v) is 21.2. The fourth-order valence-electron chi connectivity index (χ4n) is 5.09. The van der Waals surface area contributed by atoms with Gasteiger partial charge in [0.1, 0.15) is 5.82 Å². The van der Waals surface area contributed by atoms with E-state index in [2.05, 4.69) is 16.3 Å². The Hall–Kier alpha value is -3.10. The van der Waals surface area contributed by atoms with Crippen LogP contribution in [0.4, 0.5) is 4.39 Å². The normalized spacial score (nSPS) is 22.3. The molecule has 1 saturated carbocycles. The molecule has 4 aromatic rings. The van der Waals surface area contributed by atoms with Gasteiger partial charge in [0, 0.05) is 45.1 Å². The van der Waals surface area contributed by atoms with Crippen LogP contribution in [-0.4, -0.2) is 30.5 Å². The highest BCUT2D eigenvalue weighted by Crippen LogP contribution is 2.42. The van der Waals surface area contributed by atoms with Gasteiger partial charge in [0.15, 0.2) is 5.65 Å².